The highest BCUT2D eigenvalue weighted by atomic mass is 35.5. The number of benzene rings is 1. The Morgan fingerprint density at radius 1 is 1.31 bits per heavy atom. The van der Waals surface area contributed by atoms with E-state index in [1.165, 1.54) is 0 Å². The molecule has 0 fully saturated rings. The summed E-state index contributed by atoms with van der Waals surface area (Å²) in [7, 11) is 0. The summed E-state index contributed by atoms with van der Waals surface area (Å²) in [5.41, 5.74) is 1.99. The highest BCUT2D eigenvalue weighted by Gasteiger charge is 2.11. The molecule has 0 amide bonds. The van der Waals surface area contributed by atoms with E-state index in [0.717, 1.165) is 22.0 Å². The average Bonchev–Trinajstić information content (AvgIpc) is 2.71. The fourth-order valence-corrected chi connectivity index (χ4v) is 1.68. The van der Waals surface area contributed by atoms with Crippen molar-refractivity contribution < 1.29 is 0 Å². The summed E-state index contributed by atoms with van der Waals surface area (Å²) in [5.74, 6) is 1.96. The SMILES string of the molecule is Cc1c(Cl)cccc1-c1n[nH]c(C(C)C)n1. The van der Waals surface area contributed by atoms with Crippen LogP contribution in [-0.4, -0.2) is 15.2 Å². The summed E-state index contributed by atoms with van der Waals surface area (Å²) in [5, 5.41) is 7.90. The number of aromatic nitrogens is 3. The van der Waals surface area contributed by atoms with Crippen LogP contribution in [0.25, 0.3) is 11.4 Å². The minimum atomic E-state index is 0.348. The Morgan fingerprint density at radius 2 is 2.06 bits per heavy atom. The van der Waals surface area contributed by atoms with Gasteiger partial charge in [-0.25, -0.2) is 4.98 Å². The highest BCUT2D eigenvalue weighted by molar-refractivity contribution is 6.31. The van der Waals surface area contributed by atoms with Gasteiger partial charge in [-0.15, -0.1) is 0 Å². The molecule has 1 heterocycles. The molecular weight excluding hydrogens is 222 g/mol. The van der Waals surface area contributed by atoms with Crippen molar-refractivity contribution in [3.8, 4) is 11.4 Å². The molecule has 2 aromatic rings. The predicted molar refractivity (Wildman–Crippen MR) is 65.7 cm³/mol. The molecule has 1 aromatic carbocycles. The lowest BCUT2D eigenvalue weighted by molar-refractivity contribution is 0.781. The smallest absolute Gasteiger partial charge is 0.181 e. The third-order valence-corrected chi connectivity index (χ3v) is 2.97. The predicted octanol–water partition coefficient (Wildman–Crippen LogP) is 3.56. The maximum atomic E-state index is 6.07. The van der Waals surface area contributed by atoms with Gasteiger partial charge in [0.1, 0.15) is 5.82 Å². The van der Waals surface area contributed by atoms with Gasteiger partial charge >= 0.3 is 0 Å². The van der Waals surface area contributed by atoms with E-state index in [1.807, 2.05) is 25.1 Å². The van der Waals surface area contributed by atoms with Gasteiger partial charge in [0.15, 0.2) is 5.82 Å². The third kappa shape index (κ3) is 1.95. The normalized spacial score (nSPS) is 11.1. The Hall–Kier alpha value is -1.35. The van der Waals surface area contributed by atoms with Gasteiger partial charge in [-0.1, -0.05) is 37.6 Å². The van der Waals surface area contributed by atoms with E-state index >= 15 is 0 Å². The summed E-state index contributed by atoms with van der Waals surface area (Å²) in [6.45, 7) is 6.13. The number of hydrogen-bond donors (Lipinski definition) is 1. The lowest BCUT2D eigenvalue weighted by Crippen LogP contribution is -1.90. The second kappa shape index (κ2) is 4.26. The number of hydrogen-bond acceptors (Lipinski definition) is 2. The van der Waals surface area contributed by atoms with Gasteiger partial charge in [-0.05, 0) is 18.6 Å². The topological polar surface area (TPSA) is 41.6 Å². The van der Waals surface area contributed by atoms with Crippen molar-refractivity contribution in [3.05, 3.63) is 34.6 Å². The summed E-state index contributed by atoms with van der Waals surface area (Å²) < 4.78 is 0. The summed E-state index contributed by atoms with van der Waals surface area (Å²) in [4.78, 5) is 4.46. The number of nitrogens with one attached hydrogen (secondary N) is 1. The van der Waals surface area contributed by atoms with E-state index in [4.69, 9.17) is 11.6 Å². The third-order valence-electron chi connectivity index (χ3n) is 2.56. The molecule has 0 radical (unpaired) electrons. The molecule has 0 aliphatic rings. The fraction of sp³-hybridized carbons (Fsp3) is 0.333. The quantitative estimate of drug-likeness (QED) is 0.865. The van der Waals surface area contributed by atoms with Crippen LogP contribution in [0, 0.1) is 6.92 Å². The maximum absolute atomic E-state index is 6.07. The molecule has 2 rings (SSSR count). The number of rotatable bonds is 2. The number of H-pyrrole nitrogens is 1. The summed E-state index contributed by atoms with van der Waals surface area (Å²) >= 11 is 6.07. The van der Waals surface area contributed by atoms with Crippen LogP contribution >= 0.6 is 11.6 Å². The van der Waals surface area contributed by atoms with Gasteiger partial charge in [0, 0.05) is 16.5 Å². The van der Waals surface area contributed by atoms with Crippen LogP contribution in [0.15, 0.2) is 18.2 Å². The van der Waals surface area contributed by atoms with E-state index < -0.39 is 0 Å². The molecule has 16 heavy (non-hydrogen) atoms. The van der Waals surface area contributed by atoms with E-state index in [1.54, 1.807) is 0 Å². The zero-order valence-corrected chi connectivity index (χ0v) is 10.3. The van der Waals surface area contributed by atoms with Gasteiger partial charge in [0.2, 0.25) is 0 Å². The molecule has 3 nitrogen and oxygen atoms in total. The maximum Gasteiger partial charge on any atom is 0.181 e. The Bertz CT molecular complexity index is 503. The standard InChI is InChI=1S/C12H14ClN3/c1-7(2)11-14-12(16-15-11)9-5-4-6-10(13)8(9)3/h4-7H,1-3H3,(H,14,15,16). The van der Waals surface area contributed by atoms with Crippen LogP contribution in [0.2, 0.25) is 5.02 Å². The number of aromatic amines is 1. The molecular formula is C12H14ClN3. The van der Waals surface area contributed by atoms with E-state index in [-0.39, 0.29) is 0 Å². The number of halogens is 1. The van der Waals surface area contributed by atoms with Gasteiger partial charge in [0.25, 0.3) is 0 Å². The van der Waals surface area contributed by atoms with Crippen LogP contribution in [0.5, 0.6) is 0 Å². The molecule has 4 heteroatoms. The molecule has 84 valence electrons. The monoisotopic (exact) mass is 235 g/mol. The van der Waals surface area contributed by atoms with Crippen molar-refractivity contribution in [2.75, 3.05) is 0 Å². The van der Waals surface area contributed by atoms with Gasteiger partial charge in [-0.3, -0.25) is 5.10 Å². The first-order valence-corrected chi connectivity index (χ1v) is 5.65. The molecule has 1 N–H and O–H groups in total. The highest BCUT2D eigenvalue weighted by Crippen LogP contribution is 2.26. The van der Waals surface area contributed by atoms with Gasteiger partial charge in [-0.2, -0.15) is 5.10 Å². The molecule has 0 unspecified atom stereocenters. The fourth-order valence-electron chi connectivity index (χ4n) is 1.50. The van der Waals surface area contributed by atoms with Crippen molar-refractivity contribution in [2.45, 2.75) is 26.7 Å². The molecule has 0 aliphatic heterocycles. The van der Waals surface area contributed by atoms with Crippen molar-refractivity contribution in [2.24, 2.45) is 0 Å². The largest absolute Gasteiger partial charge is 0.262 e. The summed E-state index contributed by atoms with van der Waals surface area (Å²) in [6, 6.07) is 5.76. The Kier molecular flexibility index (Phi) is 2.97. The summed E-state index contributed by atoms with van der Waals surface area (Å²) in [6.07, 6.45) is 0. The van der Waals surface area contributed by atoms with Crippen LogP contribution < -0.4 is 0 Å². The molecule has 1 aromatic heterocycles. The zero-order chi connectivity index (χ0) is 11.7. The van der Waals surface area contributed by atoms with E-state index in [2.05, 4.69) is 29.0 Å². The average molecular weight is 236 g/mol. The van der Waals surface area contributed by atoms with Crippen molar-refractivity contribution in [1.82, 2.24) is 15.2 Å². The van der Waals surface area contributed by atoms with Gasteiger partial charge in [0.05, 0.1) is 0 Å². The Balaban J connectivity index is 2.47. The van der Waals surface area contributed by atoms with Gasteiger partial charge < -0.3 is 0 Å². The van der Waals surface area contributed by atoms with Crippen molar-refractivity contribution >= 4 is 11.6 Å². The lowest BCUT2D eigenvalue weighted by atomic mass is 10.1. The number of nitrogens with zero attached hydrogens (tertiary/aromatic N) is 2. The van der Waals surface area contributed by atoms with Crippen LogP contribution in [0.3, 0.4) is 0 Å². The zero-order valence-electron chi connectivity index (χ0n) is 9.58. The first-order chi connectivity index (χ1) is 7.59. The molecule has 0 saturated carbocycles. The van der Waals surface area contributed by atoms with E-state index in [0.29, 0.717) is 11.7 Å². The first kappa shape index (κ1) is 11.1. The Labute approximate surface area is 99.9 Å². The lowest BCUT2D eigenvalue weighted by Gasteiger charge is -2.02. The van der Waals surface area contributed by atoms with Crippen molar-refractivity contribution in [1.29, 1.82) is 0 Å². The minimum Gasteiger partial charge on any atom is -0.262 e. The second-order valence-corrected chi connectivity index (χ2v) is 4.52. The van der Waals surface area contributed by atoms with Crippen LogP contribution in [0.4, 0.5) is 0 Å². The second-order valence-electron chi connectivity index (χ2n) is 4.11. The molecule has 0 bridgehead atoms. The molecule has 0 saturated heterocycles. The molecule has 0 spiro atoms. The Morgan fingerprint density at radius 3 is 2.69 bits per heavy atom. The van der Waals surface area contributed by atoms with Crippen LogP contribution in [0.1, 0.15) is 31.2 Å². The van der Waals surface area contributed by atoms with E-state index in [9.17, 15) is 0 Å². The molecule has 0 atom stereocenters. The minimum absolute atomic E-state index is 0.348. The molecule has 0 aliphatic carbocycles. The van der Waals surface area contributed by atoms with Crippen molar-refractivity contribution in [3.63, 3.8) is 0 Å². The van der Waals surface area contributed by atoms with Crippen LogP contribution in [-0.2, 0) is 0 Å². The first-order valence-electron chi connectivity index (χ1n) is 5.27.